The van der Waals surface area contributed by atoms with E-state index in [1.54, 1.807) is 6.07 Å². The average Bonchev–Trinajstić information content (AvgIpc) is 2.24. The molecule has 0 fully saturated rings. The largest absolute Gasteiger partial charge is 0.359 e. The van der Waals surface area contributed by atoms with Crippen molar-refractivity contribution in [1.82, 2.24) is 5.32 Å². The van der Waals surface area contributed by atoms with E-state index < -0.39 is 5.91 Å². The van der Waals surface area contributed by atoms with Crippen molar-refractivity contribution in [2.75, 3.05) is 6.61 Å². The first-order chi connectivity index (χ1) is 7.15. The summed E-state index contributed by atoms with van der Waals surface area (Å²) >= 11 is 0. The third-order valence-corrected chi connectivity index (χ3v) is 1.89. The molecule has 0 heterocycles. The van der Waals surface area contributed by atoms with Gasteiger partial charge in [-0.05, 0) is 19.8 Å². The van der Waals surface area contributed by atoms with E-state index >= 15 is 0 Å². The van der Waals surface area contributed by atoms with Crippen molar-refractivity contribution >= 4 is 5.91 Å². The molecule has 0 spiro atoms. The standard InChI is InChI=1S/C11H18N2O2/c1-4-6-7-10(15-5-2)13-11(14)9(3)8-12/h10H,3-7H2,1-2H3,(H,13,14). The van der Waals surface area contributed by atoms with E-state index in [4.69, 9.17) is 10.00 Å². The molecule has 0 aliphatic heterocycles. The molecule has 0 radical (unpaired) electrons. The minimum atomic E-state index is -0.452. The van der Waals surface area contributed by atoms with Crippen LogP contribution in [0.4, 0.5) is 0 Å². The van der Waals surface area contributed by atoms with Crippen LogP contribution in [0, 0.1) is 11.3 Å². The van der Waals surface area contributed by atoms with Crippen LogP contribution in [0.15, 0.2) is 12.2 Å². The highest BCUT2D eigenvalue weighted by atomic mass is 16.5. The van der Waals surface area contributed by atoms with Crippen molar-refractivity contribution < 1.29 is 9.53 Å². The summed E-state index contributed by atoms with van der Waals surface area (Å²) in [5.41, 5.74) is -0.0869. The molecule has 0 aromatic heterocycles. The van der Waals surface area contributed by atoms with Crippen LogP contribution >= 0.6 is 0 Å². The fourth-order valence-electron chi connectivity index (χ4n) is 1.07. The van der Waals surface area contributed by atoms with Gasteiger partial charge in [-0.15, -0.1) is 0 Å². The number of hydrogen-bond acceptors (Lipinski definition) is 3. The predicted octanol–water partition coefficient (Wildman–Crippen LogP) is 1.74. The molecule has 0 aliphatic rings. The molecule has 84 valence electrons. The molecular weight excluding hydrogens is 192 g/mol. The van der Waals surface area contributed by atoms with Crippen LogP contribution in [-0.2, 0) is 9.53 Å². The second kappa shape index (κ2) is 8.01. The molecule has 0 aromatic rings. The molecule has 1 N–H and O–H groups in total. The highest BCUT2D eigenvalue weighted by Crippen LogP contribution is 2.03. The van der Waals surface area contributed by atoms with Crippen molar-refractivity contribution in [3.63, 3.8) is 0 Å². The van der Waals surface area contributed by atoms with Gasteiger partial charge in [0.05, 0.1) is 0 Å². The van der Waals surface area contributed by atoms with Crippen molar-refractivity contribution in [2.45, 2.75) is 39.3 Å². The zero-order chi connectivity index (χ0) is 11.7. The number of nitriles is 1. The van der Waals surface area contributed by atoms with Gasteiger partial charge in [0, 0.05) is 6.61 Å². The smallest absolute Gasteiger partial charge is 0.263 e. The zero-order valence-corrected chi connectivity index (χ0v) is 9.38. The molecule has 15 heavy (non-hydrogen) atoms. The Hall–Kier alpha value is -1.34. The van der Waals surface area contributed by atoms with Gasteiger partial charge in [0.25, 0.3) is 5.91 Å². The highest BCUT2D eigenvalue weighted by molar-refractivity contribution is 5.96. The Morgan fingerprint density at radius 2 is 2.27 bits per heavy atom. The van der Waals surface area contributed by atoms with E-state index in [-0.39, 0.29) is 11.8 Å². The Labute approximate surface area is 90.9 Å². The lowest BCUT2D eigenvalue weighted by atomic mass is 10.2. The number of rotatable bonds is 7. The third kappa shape index (κ3) is 5.87. The van der Waals surface area contributed by atoms with Crippen LogP contribution in [0.25, 0.3) is 0 Å². The number of amides is 1. The van der Waals surface area contributed by atoms with Gasteiger partial charge < -0.3 is 10.1 Å². The molecule has 4 heteroatoms. The maximum absolute atomic E-state index is 11.3. The molecule has 4 nitrogen and oxygen atoms in total. The number of nitrogens with one attached hydrogen (secondary N) is 1. The molecule has 1 atom stereocenters. The Morgan fingerprint density at radius 1 is 1.60 bits per heavy atom. The monoisotopic (exact) mass is 210 g/mol. The van der Waals surface area contributed by atoms with E-state index in [2.05, 4.69) is 18.8 Å². The minimum absolute atomic E-state index is 0.0869. The lowest BCUT2D eigenvalue weighted by Gasteiger charge is -2.17. The maximum atomic E-state index is 11.3. The minimum Gasteiger partial charge on any atom is -0.359 e. The van der Waals surface area contributed by atoms with Crippen LogP contribution in [0.1, 0.15) is 33.1 Å². The van der Waals surface area contributed by atoms with Gasteiger partial charge in [0.2, 0.25) is 0 Å². The number of hydrogen-bond donors (Lipinski definition) is 1. The summed E-state index contributed by atoms with van der Waals surface area (Å²) in [6.45, 7) is 7.81. The van der Waals surface area contributed by atoms with Gasteiger partial charge in [-0.3, -0.25) is 4.79 Å². The number of unbranched alkanes of at least 4 members (excludes halogenated alkanes) is 1. The molecular formula is C11H18N2O2. The van der Waals surface area contributed by atoms with Crippen molar-refractivity contribution in [1.29, 1.82) is 5.26 Å². The van der Waals surface area contributed by atoms with E-state index in [9.17, 15) is 4.79 Å². The summed E-state index contributed by atoms with van der Waals surface area (Å²) in [5.74, 6) is -0.452. The zero-order valence-electron chi connectivity index (χ0n) is 9.38. The lowest BCUT2D eigenvalue weighted by Crippen LogP contribution is -2.37. The Balaban J connectivity index is 4.10. The first kappa shape index (κ1) is 13.7. The molecule has 0 aromatic carbocycles. The summed E-state index contributed by atoms with van der Waals surface area (Å²) < 4.78 is 5.33. The summed E-state index contributed by atoms with van der Waals surface area (Å²) in [6, 6.07) is 1.71. The van der Waals surface area contributed by atoms with Gasteiger partial charge in [0.15, 0.2) is 0 Å². The fraction of sp³-hybridized carbons (Fsp3) is 0.636. The first-order valence-corrected chi connectivity index (χ1v) is 5.17. The summed E-state index contributed by atoms with van der Waals surface area (Å²) in [4.78, 5) is 11.3. The first-order valence-electron chi connectivity index (χ1n) is 5.17. The van der Waals surface area contributed by atoms with Crippen molar-refractivity contribution in [3.05, 3.63) is 12.2 Å². The number of carbonyl (C=O) groups is 1. The van der Waals surface area contributed by atoms with Crippen LogP contribution in [-0.4, -0.2) is 18.7 Å². The molecule has 0 bridgehead atoms. The van der Waals surface area contributed by atoms with Crippen LogP contribution in [0.3, 0.4) is 0 Å². The van der Waals surface area contributed by atoms with Gasteiger partial charge in [-0.25, -0.2) is 0 Å². The number of ether oxygens (including phenoxy) is 1. The van der Waals surface area contributed by atoms with Crippen molar-refractivity contribution in [2.24, 2.45) is 0 Å². The number of carbonyl (C=O) groups excluding carboxylic acids is 1. The van der Waals surface area contributed by atoms with Crippen molar-refractivity contribution in [3.8, 4) is 6.07 Å². The van der Waals surface area contributed by atoms with E-state index in [0.29, 0.717) is 6.61 Å². The second-order valence-electron chi connectivity index (χ2n) is 3.15. The fourth-order valence-corrected chi connectivity index (χ4v) is 1.07. The molecule has 0 saturated heterocycles. The SMILES string of the molecule is C=C(C#N)C(=O)NC(CCCC)OCC. The second-order valence-corrected chi connectivity index (χ2v) is 3.15. The summed E-state index contributed by atoms with van der Waals surface area (Å²) in [5, 5.41) is 11.1. The molecule has 1 unspecified atom stereocenters. The van der Waals surface area contributed by atoms with E-state index in [0.717, 1.165) is 19.3 Å². The van der Waals surface area contributed by atoms with Crippen LogP contribution in [0.2, 0.25) is 0 Å². The Kier molecular flexibility index (Phi) is 7.29. The van der Waals surface area contributed by atoms with E-state index in [1.165, 1.54) is 0 Å². The maximum Gasteiger partial charge on any atom is 0.263 e. The molecule has 0 saturated carbocycles. The van der Waals surface area contributed by atoms with Crippen LogP contribution in [0.5, 0.6) is 0 Å². The number of nitrogens with zero attached hydrogens (tertiary/aromatic N) is 1. The summed E-state index contributed by atoms with van der Waals surface area (Å²) in [7, 11) is 0. The predicted molar refractivity (Wildman–Crippen MR) is 57.8 cm³/mol. The molecule has 0 aliphatic carbocycles. The van der Waals surface area contributed by atoms with Gasteiger partial charge in [-0.2, -0.15) is 5.26 Å². The van der Waals surface area contributed by atoms with E-state index in [1.807, 2.05) is 6.92 Å². The van der Waals surface area contributed by atoms with Gasteiger partial charge >= 0.3 is 0 Å². The van der Waals surface area contributed by atoms with Gasteiger partial charge in [-0.1, -0.05) is 19.9 Å². The van der Waals surface area contributed by atoms with Gasteiger partial charge in [0.1, 0.15) is 17.9 Å². The average molecular weight is 210 g/mol. The Bertz CT molecular complexity index is 256. The summed E-state index contributed by atoms with van der Waals surface area (Å²) in [6.07, 6.45) is 2.46. The Morgan fingerprint density at radius 3 is 2.73 bits per heavy atom. The third-order valence-electron chi connectivity index (χ3n) is 1.89. The topological polar surface area (TPSA) is 62.1 Å². The quantitative estimate of drug-likeness (QED) is 0.395. The molecule has 0 rings (SSSR count). The van der Waals surface area contributed by atoms with Crippen LogP contribution < -0.4 is 5.32 Å². The normalized spacial score (nSPS) is 11.5. The highest BCUT2D eigenvalue weighted by Gasteiger charge is 2.13. The molecule has 1 amide bonds. The lowest BCUT2D eigenvalue weighted by molar-refractivity contribution is -0.121.